The number of esters is 2. The fourth-order valence-corrected chi connectivity index (χ4v) is 5.00. The van der Waals surface area contributed by atoms with Gasteiger partial charge in [-0.3, -0.25) is 14.2 Å². The third-order valence-corrected chi connectivity index (χ3v) is 6.50. The maximum absolute atomic E-state index is 13.7. The molecule has 0 N–H and O–H groups in total. The number of benzene rings is 2. The Hall–Kier alpha value is -4.24. The van der Waals surface area contributed by atoms with Crippen molar-refractivity contribution in [3.05, 3.63) is 103 Å². The molecule has 0 fully saturated rings. The molecule has 0 radical (unpaired) electrons. The van der Waals surface area contributed by atoms with Gasteiger partial charge in [0.1, 0.15) is 18.1 Å². The van der Waals surface area contributed by atoms with Crippen LogP contribution in [0.2, 0.25) is 0 Å². The fraction of sp³-hybridized carbons (Fsp3) is 0.214. The van der Waals surface area contributed by atoms with E-state index in [9.17, 15) is 14.4 Å². The molecule has 37 heavy (non-hydrogen) atoms. The highest BCUT2D eigenvalue weighted by atomic mass is 32.1. The second kappa shape index (κ2) is 11.2. The van der Waals surface area contributed by atoms with Crippen LogP contribution in [0, 0.1) is 0 Å². The minimum absolute atomic E-state index is 0.199. The zero-order valence-electron chi connectivity index (χ0n) is 20.7. The van der Waals surface area contributed by atoms with E-state index in [1.54, 1.807) is 62.4 Å². The van der Waals surface area contributed by atoms with Gasteiger partial charge in [-0.2, -0.15) is 0 Å². The van der Waals surface area contributed by atoms with Crippen molar-refractivity contribution >= 4 is 29.4 Å². The van der Waals surface area contributed by atoms with E-state index in [-0.39, 0.29) is 12.2 Å². The highest BCUT2D eigenvalue weighted by molar-refractivity contribution is 7.07. The van der Waals surface area contributed by atoms with Crippen molar-refractivity contribution in [2.75, 3.05) is 13.2 Å². The Bertz CT molecular complexity index is 1550. The second-order valence-electron chi connectivity index (χ2n) is 8.13. The van der Waals surface area contributed by atoms with E-state index in [1.807, 2.05) is 12.1 Å². The molecule has 0 bridgehead atoms. The summed E-state index contributed by atoms with van der Waals surface area (Å²) in [5, 5.41) is 0. The summed E-state index contributed by atoms with van der Waals surface area (Å²) in [6.07, 6.45) is 3.40. The van der Waals surface area contributed by atoms with Crippen LogP contribution in [0.15, 0.2) is 82.2 Å². The van der Waals surface area contributed by atoms with Crippen LogP contribution in [0.1, 0.15) is 37.9 Å². The first-order valence-corrected chi connectivity index (χ1v) is 12.5. The zero-order valence-corrected chi connectivity index (χ0v) is 21.5. The van der Waals surface area contributed by atoms with Crippen LogP contribution in [-0.2, 0) is 14.3 Å². The van der Waals surface area contributed by atoms with Gasteiger partial charge in [-0.05, 0) is 55.3 Å². The van der Waals surface area contributed by atoms with Gasteiger partial charge in [-0.1, -0.05) is 48.3 Å². The van der Waals surface area contributed by atoms with Gasteiger partial charge < -0.3 is 14.2 Å². The van der Waals surface area contributed by atoms with Crippen LogP contribution in [0.25, 0.3) is 6.08 Å². The van der Waals surface area contributed by atoms with E-state index in [2.05, 4.69) is 11.6 Å². The normalized spacial score (nSPS) is 15.0. The van der Waals surface area contributed by atoms with Crippen LogP contribution in [-0.4, -0.2) is 29.7 Å². The molecular weight excluding hydrogens is 492 g/mol. The summed E-state index contributed by atoms with van der Waals surface area (Å²) in [5.74, 6) is 0.137. The molecule has 1 aromatic heterocycles. The largest absolute Gasteiger partial charge is 0.490 e. The number of allylic oxidation sites excluding steroid dienone is 1. The average Bonchev–Trinajstić information content (AvgIpc) is 3.17. The molecule has 2 aromatic carbocycles. The van der Waals surface area contributed by atoms with Crippen molar-refractivity contribution in [2.45, 2.75) is 26.8 Å². The molecule has 4 rings (SSSR count). The van der Waals surface area contributed by atoms with Gasteiger partial charge in [-0.25, -0.2) is 9.79 Å². The Morgan fingerprint density at radius 3 is 2.41 bits per heavy atom. The van der Waals surface area contributed by atoms with Crippen LogP contribution in [0.3, 0.4) is 0 Å². The Morgan fingerprint density at radius 2 is 1.78 bits per heavy atom. The van der Waals surface area contributed by atoms with E-state index >= 15 is 0 Å². The molecule has 0 amide bonds. The summed E-state index contributed by atoms with van der Waals surface area (Å²) in [6.45, 7) is 9.02. The fourth-order valence-electron chi connectivity index (χ4n) is 3.96. The predicted molar refractivity (Wildman–Crippen MR) is 140 cm³/mol. The molecular formula is C28H26N2O6S. The van der Waals surface area contributed by atoms with Crippen molar-refractivity contribution in [2.24, 2.45) is 4.99 Å². The lowest BCUT2D eigenvalue weighted by Gasteiger charge is -2.24. The van der Waals surface area contributed by atoms with Gasteiger partial charge in [0.2, 0.25) is 0 Å². The van der Waals surface area contributed by atoms with E-state index in [0.29, 0.717) is 38.7 Å². The number of thiazole rings is 1. The first kappa shape index (κ1) is 25.8. The summed E-state index contributed by atoms with van der Waals surface area (Å²) >= 11 is 1.24. The molecule has 0 aliphatic carbocycles. The second-order valence-corrected chi connectivity index (χ2v) is 9.14. The van der Waals surface area contributed by atoms with E-state index in [4.69, 9.17) is 14.2 Å². The molecule has 0 saturated carbocycles. The number of carbonyl (C=O) groups is 2. The van der Waals surface area contributed by atoms with Crippen LogP contribution < -0.4 is 24.4 Å². The molecule has 0 unspecified atom stereocenters. The first-order chi connectivity index (χ1) is 17.8. The van der Waals surface area contributed by atoms with E-state index in [1.165, 1.54) is 22.8 Å². The monoisotopic (exact) mass is 518 g/mol. The number of hydrogen-bond acceptors (Lipinski definition) is 8. The summed E-state index contributed by atoms with van der Waals surface area (Å²) < 4.78 is 18.0. The number of ether oxygens (including phenoxy) is 3. The number of aromatic nitrogens is 1. The standard InChI is InChI=1S/C28H26N2O6S/c1-5-15-35-21-13-9-20(10-14-21)25-24(27(33)34-6-2)17(3)29-28-30(25)26(32)23(37-28)16-19-7-11-22(12-8-19)36-18(4)31/h5,7-14,16,25H,1,6,15H2,2-4H3/t25-/m0/s1. The van der Waals surface area contributed by atoms with Crippen molar-refractivity contribution in [3.63, 3.8) is 0 Å². The highest BCUT2D eigenvalue weighted by Crippen LogP contribution is 2.31. The third kappa shape index (κ3) is 5.62. The SMILES string of the molecule is C=CCOc1ccc([C@H]2C(C(=O)OCC)=C(C)N=c3sc(=Cc4ccc(OC(C)=O)cc4)c(=O)n32)cc1. The smallest absolute Gasteiger partial charge is 0.338 e. The van der Waals surface area contributed by atoms with E-state index in [0.717, 1.165) is 11.1 Å². The lowest BCUT2D eigenvalue weighted by molar-refractivity contribution is -0.139. The van der Waals surface area contributed by atoms with Gasteiger partial charge in [0.15, 0.2) is 4.80 Å². The maximum atomic E-state index is 13.7. The Morgan fingerprint density at radius 1 is 1.11 bits per heavy atom. The number of hydrogen-bond donors (Lipinski definition) is 0. The molecule has 3 aromatic rings. The lowest BCUT2D eigenvalue weighted by Crippen LogP contribution is -2.39. The minimum atomic E-state index is -0.711. The number of fused-ring (bicyclic) bond motifs is 1. The summed E-state index contributed by atoms with van der Waals surface area (Å²) in [4.78, 5) is 42.9. The van der Waals surface area contributed by atoms with Crippen molar-refractivity contribution < 1.29 is 23.8 Å². The van der Waals surface area contributed by atoms with Crippen LogP contribution in [0.4, 0.5) is 0 Å². The molecule has 8 nitrogen and oxygen atoms in total. The molecule has 190 valence electrons. The summed E-state index contributed by atoms with van der Waals surface area (Å²) in [5.41, 5.74) is 2.00. The maximum Gasteiger partial charge on any atom is 0.338 e. The van der Waals surface area contributed by atoms with Crippen LogP contribution >= 0.6 is 11.3 Å². The number of nitrogens with zero attached hydrogens (tertiary/aromatic N) is 2. The minimum Gasteiger partial charge on any atom is -0.490 e. The summed E-state index contributed by atoms with van der Waals surface area (Å²) in [6, 6.07) is 13.3. The van der Waals surface area contributed by atoms with Crippen LogP contribution in [0.5, 0.6) is 11.5 Å². The van der Waals surface area contributed by atoms with Gasteiger partial charge >= 0.3 is 11.9 Å². The van der Waals surface area contributed by atoms with Gasteiger partial charge in [-0.15, -0.1) is 0 Å². The van der Waals surface area contributed by atoms with Crippen molar-refractivity contribution in [1.29, 1.82) is 0 Å². The molecule has 2 heterocycles. The number of rotatable bonds is 8. The first-order valence-electron chi connectivity index (χ1n) is 11.6. The molecule has 1 aliphatic rings. The molecule has 1 aliphatic heterocycles. The molecule has 0 spiro atoms. The van der Waals surface area contributed by atoms with E-state index < -0.39 is 18.0 Å². The molecule has 1 atom stereocenters. The summed E-state index contributed by atoms with van der Waals surface area (Å²) in [7, 11) is 0. The van der Waals surface area contributed by atoms with Gasteiger partial charge in [0.05, 0.1) is 28.5 Å². The zero-order chi connectivity index (χ0) is 26.5. The quantitative estimate of drug-likeness (QED) is 0.258. The topological polar surface area (TPSA) is 96.2 Å². The Balaban J connectivity index is 1.82. The van der Waals surface area contributed by atoms with Crippen molar-refractivity contribution in [1.82, 2.24) is 4.57 Å². The van der Waals surface area contributed by atoms with Crippen molar-refractivity contribution in [3.8, 4) is 11.5 Å². The lowest BCUT2D eigenvalue weighted by atomic mass is 9.96. The highest BCUT2D eigenvalue weighted by Gasteiger charge is 2.33. The average molecular weight is 519 g/mol. The predicted octanol–water partition coefficient (Wildman–Crippen LogP) is 3.29. The Labute approximate surface area is 217 Å². The van der Waals surface area contributed by atoms with Gasteiger partial charge in [0.25, 0.3) is 5.56 Å². The third-order valence-electron chi connectivity index (χ3n) is 5.52. The van der Waals surface area contributed by atoms with Gasteiger partial charge in [0, 0.05) is 6.92 Å². The molecule has 9 heteroatoms. The Kier molecular flexibility index (Phi) is 7.83. The number of carbonyl (C=O) groups excluding carboxylic acids is 2. The molecule has 0 saturated heterocycles.